The Kier molecular flexibility index (Phi) is 3.97. The van der Waals surface area contributed by atoms with Crippen LogP contribution in [0.4, 0.5) is 22.4 Å². The Balaban J connectivity index is 3.09. The highest BCUT2D eigenvalue weighted by molar-refractivity contribution is 5.92. The summed E-state index contributed by atoms with van der Waals surface area (Å²) in [7, 11) is 0. The van der Waals surface area contributed by atoms with E-state index in [9.17, 15) is 22.4 Å². The molecule has 1 aliphatic rings. The number of hydrogen-bond donors (Lipinski definition) is 0. The van der Waals surface area contributed by atoms with Gasteiger partial charge < -0.3 is 0 Å². The summed E-state index contributed by atoms with van der Waals surface area (Å²) in [5.41, 5.74) is -3.82. The molecule has 0 N–H and O–H groups in total. The first-order valence-corrected chi connectivity index (χ1v) is 4.47. The van der Waals surface area contributed by atoms with E-state index < -0.39 is 28.5 Å². The molecule has 0 atom stereocenters. The van der Waals surface area contributed by atoms with Gasteiger partial charge in [0.05, 0.1) is 16.4 Å². The summed E-state index contributed by atoms with van der Waals surface area (Å²) >= 11 is 0. The van der Waals surface area contributed by atoms with Crippen molar-refractivity contribution in [3.05, 3.63) is 0 Å². The summed E-state index contributed by atoms with van der Waals surface area (Å²) in [6, 6.07) is 0. The van der Waals surface area contributed by atoms with E-state index in [4.69, 9.17) is 0 Å². The van der Waals surface area contributed by atoms with Gasteiger partial charge in [0.1, 0.15) is 0 Å². The zero-order chi connectivity index (χ0) is 11.5. The van der Waals surface area contributed by atoms with Gasteiger partial charge in [-0.25, -0.2) is 0 Å². The van der Waals surface area contributed by atoms with Gasteiger partial charge in [-0.1, -0.05) is 34.0 Å². The van der Waals surface area contributed by atoms with Crippen LogP contribution >= 0.6 is 0 Å². The fraction of sp³-hybridized carbons (Fsp3) is 0.857. The minimum absolute atomic E-state index is 0.174. The van der Waals surface area contributed by atoms with Gasteiger partial charge in [0, 0.05) is 0 Å². The normalized spacial score (nSPS) is 24.9. The molecule has 3 nitrogen and oxygen atoms in total. The molecule has 1 fully saturated rings. The molecule has 0 aliphatic heterocycles. The van der Waals surface area contributed by atoms with E-state index in [0.717, 1.165) is 0 Å². The Hall–Kier alpha value is -0.760. The first kappa shape index (κ1) is 12.3. The van der Waals surface area contributed by atoms with Crippen LogP contribution in [0.25, 0.3) is 0 Å². The number of halogens is 5. The molecule has 0 amide bonds. The molecule has 0 aromatic carbocycles. The fourth-order valence-corrected chi connectivity index (χ4v) is 1.72. The highest BCUT2D eigenvalue weighted by atomic mass is 19.4. The van der Waals surface area contributed by atoms with Crippen LogP contribution in [0.2, 0.25) is 0 Å². The highest BCUT2D eigenvalue weighted by Gasteiger charge is 2.52. The summed E-state index contributed by atoms with van der Waals surface area (Å²) in [6.07, 6.45) is 0.323. The third-order valence-corrected chi connectivity index (χ3v) is 2.56. The monoisotopic (exact) mass is 231 g/mol. The molecule has 0 spiro atoms. The lowest BCUT2D eigenvalue weighted by molar-refractivity contribution is -0.346. The lowest BCUT2D eigenvalue weighted by Gasteiger charge is -2.31. The first-order valence-electron chi connectivity index (χ1n) is 4.47. The average Bonchev–Trinajstić information content (AvgIpc) is 2.39. The highest BCUT2D eigenvalue weighted by Crippen LogP contribution is 2.35. The van der Waals surface area contributed by atoms with Gasteiger partial charge in [0.15, 0.2) is 0 Å². The first-order chi connectivity index (χ1) is 7.05. The number of hydrogen-bond acceptors (Lipinski definition) is 3. The van der Waals surface area contributed by atoms with Gasteiger partial charge in [-0.05, 0) is 25.7 Å². The second-order valence-corrected chi connectivity index (χ2v) is 3.37. The van der Waals surface area contributed by atoms with E-state index in [2.05, 4.69) is 5.21 Å². The summed E-state index contributed by atoms with van der Waals surface area (Å²) in [6.45, 7) is 0. The summed E-state index contributed by atoms with van der Waals surface area (Å²) in [4.78, 5) is 0. The maximum absolute atomic E-state index is 12.5. The van der Waals surface area contributed by atoms with E-state index in [-0.39, 0.29) is 12.8 Å². The zero-order valence-corrected chi connectivity index (χ0v) is 7.77. The predicted octanol–water partition coefficient (Wildman–Crippen LogP) is 3.11. The molecule has 0 bridgehead atoms. The molecule has 1 rings (SSSR count). The largest absolute Gasteiger partial charge is 0.236 e. The molecule has 15 heavy (non-hydrogen) atoms. The molecule has 0 radical (unpaired) electrons. The minimum atomic E-state index is -2.99. The van der Waals surface area contributed by atoms with Crippen molar-refractivity contribution in [3.63, 3.8) is 0 Å². The Morgan fingerprint density at radius 1 is 1.00 bits per heavy atom. The predicted molar refractivity (Wildman–Crippen MR) is 42.5 cm³/mol. The third kappa shape index (κ3) is 2.10. The van der Waals surface area contributed by atoms with Crippen LogP contribution in [0.3, 0.4) is 0 Å². The Bertz CT molecular complexity index is 235. The standard InChI is InChI=1S/C7H10F5N3/c8-13-6-4-2-1-3-5-7(6,14(9)10)15(11)12/h1-5H2. The van der Waals surface area contributed by atoms with Crippen molar-refractivity contribution < 1.29 is 22.4 Å². The second-order valence-electron chi connectivity index (χ2n) is 3.37. The van der Waals surface area contributed by atoms with Gasteiger partial charge in [-0.15, -0.1) is 0 Å². The zero-order valence-electron chi connectivity index (χ0n) is 7.77. The molecule has 0 aromatic heterocycles. The molecule has 1 saturated carbocycles. The maximum atomic E-state index is 12.5. The van der Waals surface area contributed by atoms with Crippen LogP contribution in [-0.2, 0) is 0 Å². The average molecular weight is 231 g/mol. The van der Waals surface area contributed by atoms with Crippen LogP contribution in [0.5, 0.6) is 0 Å². The lowest BCUT2D eigenvalue weighted by Crippen LogP contribution is -2.54. The van der Waals surface area contributed by atoms with Crippen molar-refractivity contribution in [1.29, 1.82) is 0 Å². The van der Waals surface area contributed by atoms with Gasteiger partial charge in [-0.2, -0.15) is 0 Å². The Labute approximate surface area is 82.8 Å². The van der Waals surface area contributed by atoms with Crippen molar-refractivity contribution in [2.45, 2.75) is 37.8 Å². The van der Waals surface area contributed by atoms with E-state index >= 15 is 0 Å². The summed E-state index contributed by atoms with van der Waals surface area (Å²) < 4.78 is 62.2. The lowest BCUT2D eigenvalue weighted by atomic mass is 10.0. The second kappa shape index (κ2) is 4.84. The van der Waals surface area contributed by atoms with Crippen molar-refractivity contribution >= 4 is 5.71 Å². The Morgan fingerprint density at radius 2 is 1.60 bits per heavy atom. The van der Waals surface area contributed by atoms with Crippen molar-refractivity contribution in [2.24, 2.45) is 5.21 Å². The van der Waals surface area contributed by atoms with Crippen LogP contribution in [0, 0.1) is 0 Å². The number of rotatable bonds is 2. The smallest absolute Gasteiger partial charge is 0.0989 e. The number of nitrogens with zero attached hydrogens (tertiary/aromatic N) is 3. The van der Waals surface area contributed by atoms with Crippen molar-refractivity contribution in [3.8, 4) is 0 Å². The molecule has 1 aliphatic carbocycles. The SMILES string of the molecule is FN=C1CCCCCC1(N(F)F)N(F)F. The van der Waals surface area contributed by atoms with E-state index in [1.165, 1.54) is 0 Å². The quantitative estimate of drug-likeness (QED) is 0.314. The molecular weight excluding hydrogens is 221 g/mol. The molecule has 0 heterocycles. The van der Waals surface area contributed by atoms with Gasteiger partial charge in [0.2, 0.25) is 5.66 Å². The molecule has 0 unspecified atom stereocenters. The van der Waals surface area contributed by atoms with Crippen LogP contribution in [0.1, 0.15) is 32.1 Å². The summed E-state index contributed by atoms with van der Waals surface area (Å²) in [5.74, 6) is 0. The van der Waals surface area contributed by atoms with Crippen LogP contribution in [-0.4, -0.2) is 22.1 Å². The molecular formula is C7H10F5N3. The molecule has 88 valence electrons. The van der Waals surface area contributed by atoms with Crippen LogP contribution < -0.4 is 0 Å². The molecule has 0 saturated heterocycles. The Morgan fingerprint density at radius 3 is 2.07 bits per heavy atom. The molecule has 8 heteroatoms. The van der Waals surface area contributed by atoms with Gasteiger partial charge in [0.25, 0.3) is 0 Å². The summed E-state index contributed by atoms with van der Waals surface area (Å²) in [5, 5.41) is -1.26. The maximum Gasteiger partial charge on any atom is 0.236 e. The van der Waals surface area contributed by atoms with E-state index in [1.54, 1.807) is 0 Å². The van der Waals surface area contributed by atoms with E-state index in [1.807, 2.05) is 0 Å². The van der Waals surface area contributed by atoms with Gasteiger partial charge >= 0.3 is 0 Å². The fourth-order valence-electron chi connectivity index (χ4n) is 1.72. The van der Waals surface area contributed by atoms with E-state index in [0.29, 0.717) is 12.8 Å². The topological polar surface area (TPSA) is 18.8 Å². The van der Waals surface area contributed by atoms with Gasteiger partial charge in [-0.3, -0.25) is 0 Å². The van der Waals surface area contributed by atoms with Crippen molar-refractivity contribution in [1.82, 2.24) is 10.7 Å². The molecule has 0 aromatic rings. The van der Waals surface area contributed by atoms with Crippen LogP contribution in [0.15, 0.2) is 5.21 Å². The van der Waals surface area contributed by atoms with Crippen molar-refractivity contribution in [2.75, 3.05) is 0 Å². The minimum Gasteiger partial charge on any atom is -0.0989 e. The third-order valence-electron chi connectivity index (χ3n) is 2.56.